The molecule has 0 saturated heterocycles. The van der Waals surface area contributed by atoms with Gasteiger partial charge in [-0.05, 0) is 42.8 Å². The lowest BCUT2D eigenvalue weighted by Crippen LogP contribution is -2.15. The number of hydrogen-bond acceptors (Lipinski definition) is 3. The largest absolute Gasteiger partial charge is 0.495 e. The fraction of sp³-hybridized carbons (Fsp3) is 0.133. The number of nitrogens with one attached hydrogen (secondary N) is 1. The van der Waals surface area contributed by atoms with Gasteiger partial charge in [-0.25, -0.2) is 4.39 Å². The number of ether oxygens (including phenoxy) is 1. The Balaban J connectivity index is 2.36. The Bertz CT molecular complexity index is 704. The van der Waals surface area contributed by atoms with E-state index >= 15 is 0 Å². The monoisotopic (exact) mass is 352 g/mol. The van der Waals surface area contributed by atoms with Gasteiger partial charge < -0.3 is 15.8 Å². The maximum absolute atomic E-state index is 13.0. The summed E-state index contributed by atoms with van der Waals surface area (Å²) in [5.74, 6) is -0.381. The van der Waals surface area contributed by atoms with Crippen LogP contribution in [0.15, 0.2) is 34.8 Å². The Labute approximate surface area is 130 Å². The highest BCUT2D eigenvalue weighted by atomic mass is 79.9. The molecule has 0 fully saturated rings. The molecule has 2 aromatic carbocycles. The molecule has 0 atom stereocenters. The molecule has 4 nitrogen and oxygen atoms in total. The summed E-state index contributed by atoms with van der Waals surface area (Å²) < 4.78 is 19.1. The summed E-state index contributed by atoms with van der Waals surface area (Å²) in [6, 6.07) is 7.25. The zero-order chi connectivity index (χ0) is 15.6. The van der Waals surface area contributed by atoms with Gasteiger partial charge in [0.1, 0.15) is 11.6 Å². The molecule has 21 heavy (non-hydrogen) atoms. The van der Waals surface area contributed by atoms with E-state index in [0.717, 1.165) is 16.1 Å². The molecule has 0 aromatic heterocycles. The first-order chi connectivity index (χ1) is 9.92. The van der Waals surface area contributed by atoms with Crippen molar-refractivity contribution in [1.29, 1.82) is 0 Å². The average molecular weight is 353 g/mol. The predicted molar refractivity (Wildman–Crippen MR) is 84.2 cm³/mol. The van der Waals surface area contributed by atoms with Crippen molar-refractivity contribution in [2.45, 2.75) is 6.92 Å². The Morgan fingerprint density at radius 2 is 2.05 bits per heavy atom. The summed E-state index contributed by atoms with van der Waals surface area (Å²) in [6.07, 6.45) is 0. The zero-order valence-corrected chi connectivity index (χ0v) is 13.1. The van der Waals surface area contributed by atoms with Crippen LogP contribution >= 0.6 is 15.9 Å². The van der Waals surface area contributed by atoms with Gasteiger partial charge >= 0.3 is 0 Å². The van der Waals surface area contributed by atoms with Crippen molar-refractivity contribution in [2.75, 3.05) is 18.2 Å². The standard InChI is InChI=1S/C15H14BrFN2O2/c1-8-5-9(16)6-13(21-2)14(8)19-15(20)11-4-3-10(17)7-12(11)18/h3-7H,18H2,1-2H3,(H,19,20). The van der Waals surface area contributed by atoms with Crippen molar-refractivity contribution in [1.82, 2.24) is 0 Å². The number of benzene rings is 2. The lowest BCUT2D eigenvalue weighted by Gasteiger charge is -2.14. The highest BCUT2D eigenvalue weighted by molar-refractivity contribution is 9.10. The molecule has 2 rings (SSSR count). The minimum Gasteiger partial charge on any atom is -0.495 e. The molecule has 0 spiro atoms. The van der Waals surface area contributed by atoms with Crippen LogP contribution in [-0.4, -0.2) is 13.0 Å². The third kappa shape index (κ3) is 3.33. The minimum absolute atomic E-state index is 0.0845. The van der Waals surface area contributed by atoms with E-state index in [0.29, 0.717) is 11.4 Å². The van der Waals surface area contributed by atoms with Gasteiger partial charge in [0.05, 0.1) is 18.4 Å². The quantitative estimate of drug-likeness (QED) is 0.827. The third-order valence-corrected chi connectivity index (χ3v) is 3.44. The number of hydrogen-bond donors (Lipinski definition) is 2. The van der Waals surface area contributed by atoms with Crippen LogP contribution in [0.3, 0.4) is 0 Å². The van der Waals surface area contributed by atoms with Crippen molar-refractivity contribution in [2.24, 2.45) is 0 Å². The Hall–Kier alpha value is -2.08. The average Bonchev–Trinajstić information content (AvgIpc) is 2.41. The highest BCUT2D eigenvalue weighted by Gasteiger charge is 2.15. The van der Waals surface area contributed by atoms with Gasteiger partial charge in [0.25, 0.3) is 5.91 Å². The van der Waals surface area contributed by atoms with Crippen molar-refractivity contribution in [3.63, 3.8) is 0 Å². The van der Waals surface area contributed by atoms with Crippen molar-refractivity contribution in [3.05, 3.63) is 51.7 Å². The first-order valence-electron chi connectivity index (χ1n) is 6.13. The van der Waals surface area contributed by atoms with E-state index < -0.39 is 11.7 Å². The van der Waals surface area contributed by atoms with E-state index in [1.165, 1.54) is 19.2 Å². The van der Waals surface area contributed by atoms with Crippen molar-refractivity contribution < 1.29 is 13.9 Å². The fourth-order valence-electron chi connectivity index (χ4n) is 1.95. The van der Waals surface area contributed by atoms with E-state index in [4.69, 9.17) is 10.5 Å². The van der Waals surface area contributed by atoms with Gasteiger partial charge in [0.15, 0.2) is 0 Å². The summed E-state index contributed by atoms with van der Waals surface area (Å²) in [7, 11) is 1.52. The molecule has 1 amide bonds. The molecule has 0 bridgehead atoms. The molecule has 110 valence electrons. The van der Waals surface area contributed by atoms with Gasteiger partial charge in [-0.15, -0.1) is 0 Å². The molecule has 6 heteroatoms. The fourth-order valence-corrected chi connectivity index (χ4v) is 2.51. The molecule has 2 aromatic rings. The predicted octanol–water partition coefficient (Wildman–Crippen LogP) is 3.74. The first kappa shape index (κ1) is 15.3. The molecule has 0 radical (unpaired) electrons. The number of carbonyl (C=O) groups excluding carboxylic acids is 1. The maximum atomic E-state index is 13.0. The Morgan fingerprint density at radius 1 is 1.33 bits per heavy atom. The second-order valence-corrected chi connectivity index (χ2v) is 5.40. The van der Waals surface area contributed by atoms with Gasteiger partial charge in [0, 0.05) is 10.2 Å². The molecular formula is C15H14BrFN2O2. The van der Waals surface area contributed by atoms with Crippen LogP contribution in [0.4, 0.5) is 15.8 Å². The summed E-state index contributed by atoms with van der Waals surface area (Å²) in [5.41, 5.74) is 7.34. The number of anilines is 2. The summed E-state index contributed by atoms with van der Waals surface area (Å²) in [5, 5.41) is 2.75. The number of amides is 1. The SMILES string of the molecule is COc1cc(Br)cc(C)c1NC(=O)c1ccc(F)cc1N. The van der Waals surface area contributed by atoms with Gasteiger partial charge in [-0.3, -0.25) is 4.79 Å². The second-order valence-electron chi connectivity index (χ2n) is 4.49. The van der Waals surface area contributed by atoms with E-state index in [9.17, 15) is 9.18 Å². The van der Waals surface area contributed by atoms with E-state index in [1.807, 2.05) is 13.0 Å². The molecule has 0 aliphatic heterocycles. The smallest absolute Gasteiger partial charge is 0.257 e. The van der Waals surface area contributed by atoms with Crippen molar-refractivity contribution >= 4 is 33.2 Å². The molecule has 0 aliphatic carbocycles. The van der Waals surface area contributed by atoms with Crippen LogP contribution in [0.25, 0.3) is 0 Å². The molecule has 0 heterocycles. The van der Waals surface area contributed by atoms with Gasteiger partial charge in [0.2, 0.25) is 0 Å². The number of rotatable bonds is 3. The van der Waals surface area contributed by atoms with Crippen LogP contribution < -0.4 is 15.8 Å². The van der Waals surface area contributed by atoms with E-state index in [1.54, 1.807) is 6.07 Å². The number of carbonyl (C=O) groups is 1. The number of aryl methyl sites for hydroxylation is 1. The van der Waals surface area contributed by atoms with Gasteiger partial charge in [-0.1, -0.05) is 15.9 Å². The van der Waals surface area contributed by atoms with Gasteiger partial charge in [-0.2, -0.15) is 0 Å². The summed E-state index contributed by atoms with van der Waals surface area (Å²) >= 11 is 3.36. The minimum atomic E-state index is -0.485. The number of nitrogen functional groups attached to an aromatic ring is 1. The number of methoxy groups -OCH3 is 1. The van der Waals surface area contributed by atoms with Crippen molar-refractivity contribution in [3.8, 4) is 5.75 Å². The molecular weight excluding hydrogens is 339 g/mol. The Kier molecular flexibility index (Phi) is 4.47. The Morgan fingerprint density at radius 3 is 2.67 bits per heavy atom. The molecule has 0 saturated carbocycles. The highest BCUT2D eigenvalue weighted by Crippen LogP contribution is 2.32. The topological polar surface area (TPSA) is 64.3 Å². The number of halogens is 2. The molecule has 0 unspecified atom stereocenters. The lowest BCUT2D eigenvalue weighted by molar-refractivity contribution is 0.102. The van der Waals surface area contributed by atoms with Crippen LogP contribution in [0.5, 0.6) is 5.75 Å². The normalized spacial score (nSPS) is 10.3. The zero-order valence-electron chi connectivity index (χ0n) is 11.5. The number of nitrogens with two attached hydrogens (primary N) is 1. The first-order valence-corrected chi connectivity index (χ1v) is 6.92. The van der Waals surface area contributed by atoms with Crippen LogP contribution in [-0.2, 0) is 0 Å². The molecule has 0 aliphatic rings. The lowest BCUT2D eigenvalue weighted by atomic mass is 10.1. The van der Waals surface area contributed by atoms with Crippen LogP contribution in [0.2, 0.25) is 0 Å². The van der Waals surface area contributed by atoms with E-state index in [-0.39, 0.29) is 11.3 Å². The molecule has 3 N–H and O–H groups in total. The summed E-state index contributed by atoms with van der Waals surface area (Å²) in [4.78, 5) is 12.3. The maximum Gasteiger partial charge on any atom is 0.257 e. The van der Waals surface area contributed by atoms with E-state index in [2.05, 4.69) is 21.2 Å². The van der Waals surface area contributed by atoms with Crippen LogP contribution in [0.1, 0.15) is 15.9 Å². The summed E-state index contributed by atoms with van der Waals surface area (Å²) in [6.45, 7) is 1.84. The third-order valence-electron chi connectivity index (χ3n) is 2.98. The second kappa shape index (κ2) is 6.13. The van der Waals surface area contributed by atoms with Crippen LogP contribution in [0, 0.1) is 12.7 Å².